The molecule has 0 spiro atoms. The van der Waals surface area contributed by atoms with E-state index in [1.165, 1.54) is 6.21 Å². The Labute approximate surface area is 105 Å². The molecule has 0 radical (unpaired) electrons. The summed E-state index contributed by atoms with van der Waals surface area (Å²) in [4.78, 5) is 14.9. The molecule has 1 atom stereocenters. The molecule has 0 bridgehead atoms. The van der Waals surface area contributed by atoms with Gasteiger partial charge in [-0.25, -0.2) is 9.79 Å². The van der Waals surface area contributed by atoms with Crippen LogP contribution in [0.25, 0.3) is 0 Å². The van der Waals surface area contributed by atoms with Gasteiger partial charge in [0.15, 0.2) is 5.44 Å². The molecule has 0 aromatic carbocycles. The molecule has 0 saturated heterocycles. The number of hydrogen-bond donors (Lipinski definition) is 2. The average molecular weight is 259 g/mol. The number of thioether (sulfide) groups is 1. The van der Waals surface area contributed by atoms with Crippen LogP contribution in [0.15, 0.2) is 17.1 Å². The molecule has 1 aliphatic heterocycles. The second kappa shape index (κ2) is 6.18. The van der Waals surface area contributed by atoms with Crippen molar-refractivity contribution in [3.8, 4) is 0 Å². The number of esters is 1. The van der Waals surface area contributed by atoms with Crippen molar-refractivity contribution in [3.63, 3.8) is 0 Å². The van der Waals surface area contributed by atoms with Crippen molar-refractivity contribution in [2.75, 3.05) is 0 Å². The number of carbonyl (C=O) groups is 1. The van der Waals surface area contributed by atoms with Crippen molar-refractivity contribution in [1.29, 1.82) is 0 Å². The average Bonchev–Trinajstić information content (AvgIpc) is 2.58. The Morgan fingerprint density at radius 3 is 2.82 bits per heavy atom. The first kappa shape index (κ1) is 14.2. The van der Waals surface area contributed by atoms with Gasteiger partial charge in [-0.3, -0.25) is 0 Å². The van der Waals surface area contributed by atoms with E-state index in [4.69, 9.17) is 14.9 Å². The number of hydrogen-bond acceptors (Lipinski definition) is 6. The highest BCUT2D eigenvalue weighted by Crippen LogP contribution is 2.31. The van der Waals surface area contributed by atoms with Crippen LogP contribution in [-0.2, 0) is 9.53 Å². The lowest BCUT2D eigenvalue weighted by molar-refractivity contribution is -0.138. The predicted octanol–water partition coefficient (Wildman–Crippen LogP) is 1.41. The van der Waals surface area contributed by atoms with E-state index in [0.29, 0.717) is 23.8 Å². The Bertz CT molecular complexity index is 327. The Hall–Kier alpha value is -0.850. The number of ether oxygens (including phenoxy) is 1. The summed E-state index contributed by atoms with van der Waals surface area (Å²) in [5.41, 5.74) is -0.360. The molecule has 17 heavy (non-hydrogen) atoms. The SMILES string of the molecule is C=C(CCCCC)C(=O)OC1C=NC(O)(O)S1. The highest BCUT2D eigenvalue weighted by molar-refractivity contribution is 8.01. The van der Waals surface area contributed by atoms with Crippen molar-refractivity contribution in [2.45, 2.75) is 43.3 Å². The molecule has 5 nitrogen and oxygen atoms in total. The zero-order valence-corrected chi connectivity index (χ0v) is 10.6. The number of nitrogens with zero attached hydrogens (tertiary/aromatic N) is 1. The number of aliphatic hydroxyl groups is 2. The zero-order valence-electron chi connectivity index (χ0n) is 9.76. The third-order valence-electron chi connectivity index (χ3n) is 2.23. The van der Waals surface area contributed by atoms with Crippen LogP contribution in [0.5, 0.6) is 0 Å². The lowest BCUT2D eigenvalue weighted by Crippen LogP contribution is -2.20. The van der Waals surface area contributed by atoms with Crippen LogP contribution in [0.2, 0.25) is 0 Å². The van der Waals surface area contributed by atoms with E-state index in [9.17, 15) is 4.79 Å². The maximum Gasteiger partial charge on any atom is 0.334 e. The molecule has 1 heterocycles. The molecule has 0 amide bonds. The Morgan fingerprint density at radius 1 is 1.59 bits per heavy atom. The largest absolute Gasteiger partial charge is 0.442 e. The molecule has 1 unspecified atom stereocenters. The molecule has 0 aromatic rings. The first-order chi connectivity index (χ1) is 7.94. The molecule has 2 N–H and O–H groups in total. The summed E-state index contributed by atoms with van der Waals surface area (Å²) < 4.78 is 4.99. The molecule has 6 heteroatoms. The van der Waals surface area contributed by atoms with E-state index in [-0.39, 0.29) is 0 Å². The second-order valence-corrected chi connectivity index (χ2v) is 5.05. The maximum absolute atomic E-state index is 11.5. The fourth-order valence-corrected chi connectivity index (χ4v) is 2.00. The number of unbranched alkanes of at least 4 members (excludes halogenated alkanes) is 2. The van der Waals surface area contributed by atoms with Gasteiger partial charge in [-0.1, -0.05) is 26.3 Å². The van der Waals surface area contributed by atoms with Gasteiger partial charge in [0.2, 0.25) is 0 Å². The summed E-state index contributed by atoms with van der Waals surface area (Å²) >= 11 is 0.647. The van der Waals surface area contributed by atoms with Gasteiger partial charge >= 0.3 is 11.2 Å². The summed E-state index contributed by atoms with van der Waals surface area (Å²) in [6.07, 6.45) is 4.82. The van der Waals surface area contributed by atoms with Crippen LogP contribution in [0, 0.1) is 0 Å². The van der Waals surface area contributed by atoms with Crippen LogP contribution in [0.4, 0.5) is 0 Å². The molecule has 1 aliphatic rings. The minimum atomic E-state index is -2.19. The van der Waals surface area contributed by atoms with Crippen molar-refractivity contribution in [1.82, 2.24) is 0 Å². The van der Waals surface area contributed by atoms with Gasteiger partial charge in [0.25, 0.3) is 0 Å². The van der Waals surface area contributed by atoms with E-state index in [1.807, 2.05) is 0 Å². The second-order valence-electron chi connectivity index (χ2n) is 3.80. The third-order valence-corrected chi connectivity index (χ3v) is 3.10. The highest BCUT2D eigenvalue weighted by Gasteiger charge is 2.35. The summed E-state index contributed by atoms with van der Waals surface area (Å²) in [6.45, 7) is 5.73. The molecular formula is C11H17NO4S. The van der Waals surface area contributed by atoms with E-state index in [1.54, 1.807) is 0 Å². The number of rotatable bonds is 6. The Balaban J connectivity index is 2.30. The van der Waals surface area contributed by atoms with Crippen LogP contribution < -0.4 is 0 Å². The van der Waals surface area contributed by atoms with Gasteiger partial charge in [0, 0.05) is 5.57 Å². The fraction of sp³-hybridized carbons (Fsp3) is 0.636. The molecular weight excluding hydrogens is 242 g/mol. The van der Waals surface area contributed by atoms with Gasteiger partial charge in [0.05, 0.1) is 6.21 Å². The van der Waals surface area contributed by atoms with Gasteiger partial charge < -0.3 is 14.9 Å². The Kier molecular flexibility index (Phi) is 5.17. The topological polar surface area (TPSA) is 79.1 Å². The first-order valence-electron chi connectivity index (χ1n) is 5.51. The lowest BCUT2D eigenvalue weighted by Gasteiger charge is -2.13. The minimum absolute atomic E-state index is 0.404. The zero-order chi connectivity index (χ0) is 12.9. The summed E-state index contributed by atoms with van der Waals surface area (Å²) in [5.74, 6) is -0.511. The summed E-state index contributed by atoms with van der Waals surface area (Å²) in [6, 6.07) is 0. The molecule has 0 saturated carbocycles. The van der Waals surface area contributed by atoms with Crippen molar-refractivity contribution >= 4 is 23.9 Å². The first-order valence-corrected chi connectivity index (χ1v) is 6.39. The molecule has 0 aromatic heterocycles. The van der Waals surface area contributed by atoms with Crippen LogP contribution >= 0.6 is 11.8 Å². The van der Waals surface area contributed by atoms with Crippen molar-refractivity contribution in [3.05, 3.63) is 12.2 Å². The predicted molar refractivity (Wildman–Crippen MR) is 66.4 cm³/mol. The van der Waals surface area contributed by atoms with Gasteiger partial charge in [-0.15, -0.1) is 0 Å². The minimum Gasteiger partial charge on any atom is -0.442 e. The van der Waals surface area contributed by atoms with Crippen molar-refractivity contribution < 1.29 is 19.7 Å². The standard InChI is InChI=1S/C11H17NO4S/c1-3-4-5-6-8(2)10(13)16-9-7-12-11(14,15)17-9/h7,9,14-15H,2-6H2,1H3. The quantitative estimate of drug-likeness (QED) is 0.326. The monoisotopic (exact) mass is 259 g/mol. The molecule has 96 valence electrons. The summed E-state index contributed by atoms with van der Waals surface area (Å²) in [5, 5.41) is 16.0. The summed E-state index contributed by atoms with van der Waals surface area (Å²) in [7, 11) is 0. The van der Waals surface area contributed by atoms with E-state index in [0.717, 1.165) is 19.3 Å². The van der Waals surface area contributed by atoms with Crippen LogP contribution in [-0.4, -0.2) is 33.1 Å². The molecule has 1 rings (SSSR count). The lowest BCUT2D eigenvalue weighted by atomic mass is 10.1. The normalized spacial score (nSPS) is 21.5. The van der Waals surface area contributed by atoms with Crippen LogP contribution in [0.1, 0.15) is 32.6 Å². The molecule has 0 fully saturated rings. The van der Waals surface area contributed by atoms with E-state index >= 15 is 0 Å². The van der Waals surface area contributed by atoms with Gasteiger partial charge in [-0.2, -0.15) is 0 Å². The number of carbonyl (C=O) groups excluding carboxylic acids is 1. The Morgan fingerprint density at radius 2 is 2.29 bits per heavy atom. The number of aliphatic imine (C=N–C) groups is 1. The smallest absolute Gasteiger partial charge is 0.334 e. The maximum atomic E-state index is 11.5. The third kappa shape index (κ3) is 4.89. The van der Waals surface area contributed by atoms with Gasteiger partial charge in [-0.05, 0) is 24.6 Å². The van der Waals surface area contributed by atoms with Crippen LogP contribution in [0.3, 0.4) is 0 Å². The van der Waals surface area contributed by atoms with Crippen molar-refractivity contribution in [2.24, 2.45) is 4.99 Å². The van der Waals surface area contributed by atoms with Gasteiger partial charge in [0.1, 0.15) is 0 Å². The fourth-order valence-electron chi connectivity index (χ4n) is 1.31. The van der Waals surface area contributed by atoms with E-state index < -0.39 is 16.6 Å². The highest BCUT2D eigenvalue weighted by atomic mass is 32.2. The van der Waals surface area contributed by atoms with E-state index in [2.05, 4.69) is 18.5 Å². The molecule has 0 aliphatic carbocycles.